The Bertz CT molecular complexity index is 1310. The van der Waals surface area contributed by atoms with Crippen LogP contribution >= 0.6 is 11.6 Å². The number of likely N-dealkylation sites (N-methyl/N-ethyl adjacent to an activating group) is 1. The number of anilines is 1. The van der Waals surface area contributed by atoms with E-state index in [0.717, 1.165) is 63.7 Å². The van der Waals surface area contributed by atoms with E-state index >= 15 is 0 Å². The van der Waals surface area contributed by atoms with Crippen LogP contribution in [0.4, 0.5) is 14.5 Å². The Balaban J connectivity index is 1.04. The van der Waals surface area contributed by atoms with Crippen molar-refractivity contribution in [1.82, 2.24) is 10.2 Å². The SMILES string of the molecule is CN(CCC1CCC12CCN(c1ccc(C(=O)NC3CC3)c(Cl)c1)CC2)C(=O)[C@]1(O)c2ccccc2C1(F)F. The number of hydrogen-bond acceptors (Lipinski definition) is 4. The number of rotatable bonds is 7. The molecule has 208 valence electrons. The van der Waals surface area contributed by atoms with E-state index in [2.05, 4.69) is 10.2 Å². The monoisotopic (exact) mass is 557 g/mol. The van der Waals surface area contributed by atoms with Crippen LogP contribution in [0.5, 0.6) is 0 Å². The molecule has 2 aromatic rings. The fraction of sp³-hybridized carbons (Fsp3) is 0.533. The molecule has 2 atom stereocenters. The van der Waals surface area contributed by atoms with Crippen LogP contribution in [0.15, 0.2) is 42.5 Å². The molecule has 4 aliphatic rings. The zero-order valence-corrected chi connectivity index (χ0v) is 22.8. The number of fused-ring (bicyclic) bond motifs is 1. The molecule has 1 unspecified atom stereocenters. The van der Waals surface area contributed by atoms with Gasteiger partial charge >= 0.3 is 5.92 Å². The van der Waals surface area contributed by atoms with Crippen molar-refractivity contribution < 1.29 is 23.5 Å². The van der Waals surface area contributed by atoms with Crippen molar-refractivity contribution in [2.75, 3.05) is 31.6 Å². The van der Waals surface area contributed by atoms with Gasteiger partial charge in [0.15, 0.2) is 0 Å². The van der Waals surface area contributed by atoms with Crippen LogP contribution in [0.2, 0.25) is 5.02 Å². The van der Waals surface area contributed by atoms with Gasteiger partial charge in [0, 0.05) is 49.5 Å². The molecule has 2 amide bonds. The molecule has 1 heterocycles. The Kier molecular flexibility index (Phi) is 6.42. The number of carbonyl (C=O) groups is 2. The van der Waals surface area contributed by atoms with Crippen molar-refractivity contribution in [2.24, 2.45) is 11.3 Å². The second-order valence-corrected chi connectivity index (χ2v) is 12.2. The van der Waals surface area contributed by atoms with Crippen molar-refractivity contribution in [2.45, 2.75) is 62.5 Å². The number of piperidine rings is 1. The van der Waals surface area contributed by atoms with Gasteiger partial charge in [-0.25, -0.2) is 0 Å². The summed E-state index contributed by atoms with van der Waals surface area (Å²) in [6.45, 7) is 2.07. The molecule has 2 N–H and O–H groups in total. The fourth-order valence-electron chi connectivity index (χ4n) is 6.80. The van der Waals surface area contributed by atoms with Crippen molar-refractivity contribution in [3.63, 3.8) is 0 Å². The van der Waals surface area contributed by atoms with Gasteiger partial charge in [-0.2, -0.15) is 8.78 Å². The predicted molar refractivity (Wildman–Crippen MR) is 145 cm³/mol. The van der Waals surface area contributed by atoms with Gasteiger partial charge in [-0.3, -0.25) is 9.59 Å². The predicted octanol–water partition coefficient (Wildman–Crippen LogP) is 5.07. The standard InChI is InChI=1S/C30H34ClF2N3O3/c1-35(27(38)29(39)23-4-2-3-5-24(23)30(29,32)33)15-11-19-10-12-28(19)13-16-36(17-14-28)21-8-9-22(25(31)18-21)26(37)34-20-6-7-20/h2-5,8-9,18-20,39H,6-7,10-17H2,1H3,(H,34,37)/t19?,29-/m1/s1. The Hall–Kier alpha value is -2.71. The minimum absolute atomic E-state index is 0.00369. The van der Waals surface area contributed by atoms with Crippen molar-refractivity contribution in [3.05, 3.63) is 64.2 Å². The van der Waals surface area contributed by atoms with Gasteiger partial charge in [-0.15, -0.1) is 0 Å². The third kappa shape index (κ3) is 4.22. The number of halogens is 3. The van der Waals surface area contributed by atoms with Crippen molar-refractivity contribution >= 4 is 29.1 Å². The first kappa shape index (κ1) is 26.5. The van der Waals surface area contributed by atoms with Crippen LogP contribution in [-0.4, -0.2) is 54.5 Å². The lowest BCUT2D eigenvalue weighted by Gasteiger charge is -2.55. The molecule has 3 fully saturated rings. The Morgan fingerprint density at radius 1 is 1.08 bits per heavy atom. The van der Waals surface area contributed by atoms with E-state index < -0.39 is 17.4 Å². The summed E-state index contributed by atoms with van der Waals surface area (Å²) in [4.78, 5) is 29.0. The minimum atomic E-state index is -3.60. The summed E-state index contributed by atoms with van der Waals surface area (Å²) in [5.74, 6) is -4.25. The summed E-state index contributed by atoms with van der Waals surface area (Å²) < 4.78 is 29.5. The third-order valence-corrected chi connectivity index (χ3v) is 9.98. The zero-order valence-electron chi connectivity index (χ0n) is 22.1. The smallest absolute Gasteiger partial charge is 0.314 e. The van der Waals surface area contributed by atoms with E-state index in [1.54, 1.807) is 12.1 Å². The van der Waals surface area contributed by atoms with Gasteiger partial charge in [-0.05, 0) is 74.5 Å². The molecule has 0 bridgehead atoms. The third-order valence-electron chi connectivity index (χ3n) is 9.67. The van der Waals surface area contributed by atoms with E-state index in [9.17, 15) is 23.5 Å². The molecule has 1 aliphatic heterocycles. The number of nitrogens with one attached hydrogen (secondary N) is 1. The molecule has 9 heteroatoms. The van der Waals surface area contributed by atoms with Crippen molar-refractivity contribution in [3.8, 4) is 0 Å². The minimum Gasteiger partial charge on any atom is -0.371 e. The maximum absolute atomic E-state index is 14.7. The van der Waals surface area contributed by atoms with Crippen LogP contribution in [0.1, 0.15) is 66.4 Å². The Labute approximate surface area is 232 Å². The molecular weight excluding hydrogens is 524 g/mol. The summed E-state index contributed by atoms with van der Waals surface area (Å²) in [6, 6.07) is 11.6. The highest BCUT2D eigenvalue weighted by atomic mass is 35.5. The summed E-state index contributed by atoms with van der Waals surface area (Å²) in [6.07, 6.45) is 6.97. The van der Waals surface area contributed by atoms with Crippen LogP contribution in [0, 0.1) is 11.3 Å². The van der Waals surface area contributed by atoms with E-state index in [1.807, 2.05) is 12.1 Å². The van der Waals surface area contributed by atoms with Gasteiger partial charge in [0.1, 0.15) is 0 Å². The number of benzene rings is 2. The highest BCUT2D eigenvalue weighted by Crippen LogP contribution is 2.58. The average Bonchev–Trinajstić information content (AvgIpc) is 3.75. The van der Waals surface area contributed by atoms with Crippen molar-refractivity contribution in [1.29, 1.82) is 0 Å². The topological polar surface area (TPSA) is 72.9 Å². The number of amides is 2. The van der Waals surface area contributed by atoms with E-state index in [-0.39, 0.29) is 28.5 Å². The second-order valence-electron chi connectivity index (χ2n) is 11.8. The molecule has 3 aliphatic carbocycles. The van der Waals surface area contributed by atoms with Crippen LogP contribution < -0.4 is 10.2 Å². The average molecular weight is 558 g/mol. The molecule has 1 spiro atoms. The largest absolute Gasteiger partial charge is 0.371 e. The van der Waals surface area contributed by atoms with E-state index in [0.29, 0.717) is 23.0 Å². The van der Waals surface area contributed by atoms with Gasteiger partial charge in [0.2, 0.25) is 5.60 Å². The highest BCUT2D eigenvalue weighted by molar-refractivity contribution is 6.34. The Morgan fingerprint density at radius 2 is 1.77 bits per heavy atom. The molecule has 2 saturated carbocycles. The normalized spacial score (nSPS) is 26.3. The summed E-state index contributed by atoms with van der Waals surface area (Å²) in [5.41, 5.74) is -1.37. The number of carbonyl (C=O) groups excluding carboxylic acids is 2. The van der Waals surface area contributed by atoms with Gasteiger partial charge in [0.05, 0.1) is 10.6 Å². The fourth-order valence-corrected chi connectivity index (χ4v) is 7.06. The molecule has 6 rings (SSSR count). The molecule has 39 heavy (non-hydrogen) atoms. The number of hydrogen-bond donors (Lipinski definition) is 2. The number of alkyl halides is 2. The Morgan fingerprint density at radius 3 is 2.38 bits per heavy atom. The van der Waals surface area contributed by atoms with Gasteiger partial charge < -0.3 is 20.2 Å². The van der Waals surface area contributed by atoms with Crippen LogP contribution in [0.25, 0.3) is 0 Å². The van der Waals surface area contributed by atoms with Gasteiger partial charge in [-0.1, -0.05) is 35.9 Å². The summed E-state index contributed by atoms with van der Waals surface area (Å²) >= 11 is 6.47. The molecule has 0 radical (unpaired) electrons. The van der Waals surface area contributed by atoms with Crippen LogP contribution in [0.3, 0.4) is 0 Å². The maximum atomic E-state index is 14.7. The zero-order chi connectivity index (χ0) is 27.6. The lowest BCUT2D eigenvalue weighted by molar-refractivity contribution is -0.229. The summed E-state index contributed by atoms with van der Waals surface area (Å²) in [5, 5.41) is 14.2. The van der Waals surface area contributed by atoms with Gasteiger partial charge in [0.25, 0.3) is 11.8 Å². The maximum Gasteiger partial charge on any atom is 0.314 e. The lowest BCUT2D eigenvalue weighted by Crippen LogP contribution is -2.62. The quantitative estimate of drug-likeness (QED) is 0.498. The second kappa shape index (κ2) is 9.44. The first-order chi connectivity index (χ1) is 18.6. The first-order valence-corrected chi connectivity index (χ1v) is 14.3. The molecule has 1 saturated heterocycles. The molecule has 2 aromatic carbocycles. The van der Waals surface area contributed by atoms with E-state index in [1.165, 1.54) is 30.1 Å². The number of aliphatic hydroxyl groups is 1. The molecular formula is C30H34ClF2N3O3. The highest BCUT2D eigenvalue weighted by Gasteiger charge is 2.70. The van der Waals surface area contributed by atoms with E-state index in [4.69, 9.17) is 11.6 Å². The lowest BCUT2D eigenvalue weighted by atomic mass is 9.54. The molecule has 6 nitrogen and oxygen atoms in total. The van der Waals surface area contributed by atoms with Crippen LogP contribution in [-0.2, 0) is 16.3 Å². The summed E-state index contributed by atoms with van der Waals surface area (Å²) in [7, 11) is 1.50. The number of nitrogens with zero attached hydrogens (tertiary/aromatic N) is 2. The first-order valence-electron chi connectivity index (χ1n) is 13.9. The molecule has 0 aromatic heterocycles.